The van der Waals surface area contributed by atoms with Crippen molar-refractivity contribution in [2.75, 3.05) is 10.6 Å². The Morgan fingerprint density at radius 1 is 1.06 bits per heavy atom. The molecule has 0 saturated carbocycles. The van der Waals surface area contributed by atoms with Crippen LogP contribution >= 0.6 is 22.9 Å². The summed E-state index contributed by atoms with van der Waals surface area (Å²) in [5.41, 5.74) is 4.04. The van der Waals surface area contributed by atoms with Gasteiger partial charge in [0.15, 0.2) is 5.76 Å². The van der Waals surface area contributed by atoms with Gasteiger partial charge in [-0.05, 0) is 68.3 Å². The van der Waals surface area contributed by atoms with Crippen LogP contribution in [0.25, 0.3) is 0 Å². The Labute approximate surface area is 190 Å². The van der Waals surface area contributed by atoms with E-state index in [2.05, 4.69) is 29.5 Å². The fraction of sp³-hybridized carbons (Fsp3) is 0.167. The number of nitrogens with zero attached hydrogens (tertiary/aromatic N) is 1. The molecule has 0 aliphatic carbocycles. The Kier molecular flexibility index (Phi) is 6.11. The number of nitrogens with one attached hydrogen (secondary N) is 2. The molecule has 1 atom stereocenters. The average Bonchev–Trinajstić information content (AvgIpc) is 3.37. The van der Waals surface area contributed by atoms with Crippen molar-refractivity contribution in [3.05, 3.63) is 98.9 Å². The third kappa shape index (κ3) is 4.65. The van der Waals surface area contributed by atoms with Crippen molar-refractivity contribution >= 4 is 39.7 Å². The zero-order valence-electron chi connectivity index (χ0n) is 17.4. The minimum absolute atomic E-state index is 0.233. The van der Waals surface area contributed by atoms with Crippen LogP contribution < -0.4 is 10.6 Å². The number of aryl methyl sites for hydroxylation is 2. The monoisotopic (exact) mass is 451 g/mol. The van der Waals surface area contributed by atoms with Crippen molar-refractivity contribution in [2.24, 2.45) is 0 Å². The summed E-state index contributed by atoms with van der Waals surface area (Å²) >= 11 is 7.68. The molecule has 158 valence electrons. The summed E-state index contributed by atoms with van der Waals surface area (Å²) in [6.45, 7) is 6.07. The largest absolute Gasteiger partial charge is 0.459 e. The molecule has 0 fully saturated rings. The van der Waals surface area contributed by atoms with Gasteiger partial charge in [0.2, 0.25) is 0 Å². The lowest BCUT2D eigenvalue weighted by molar-refractivity contribution is 0.0997. The van der Waals surface area contributed by atoms with E-state index in [0.29, 0.717) is 5.02 Å². The minimum atomic E-state index is -0.281. The van der Waals surface area contributed by atoms with Gasteiger partial charge in [-0.25, -0.2) is 4.98 Å². The van der Waals surface area contributed by atoms with Crippen molar-refractivity contribution in [1.82, 2.24) is 4.98 Å². The topological polar surface area (TPSA) is 67.2 Å². The molecule has 1 amide bonds. The summed E-state index contributed by atoms with van der Waals surface area (Å²) < 4.78 is 5.26. The fourth-order valence-corrected chi connectivity index (χ4v) is 4.63. The molecule has 0 bridgehead atoms. The van der Waals surface area contributed by atoms with Crippen LogP contribution in [0.3, 0.4) is 0 Å². The number of halogens is 1. The van der Waals surface area contributed by atoms with Gasteiger partial charge >= 0.3 is 0 Å². The van der Waals surface area contributed by atoms with Gasteiger partial charge in [-0.2, -0.15) is 0 Å². The van der Waals surface area contributed by atoms with Crippen molar-refractivity contribution in [3.8, 4) is 0 Å². The van der Waals surface area contributed by atoms with E-state index < -0.39 is 0 Å². The maximum Gasteiger partial charge on any atom is 0.291 e. The first-order valence-corrected chi connectivity index (χ1v) is 11.0. The number of hydrogen-bond acceptors (Lipinski definition) is 5. The normalized spacial score (nSPS) is 11.9. The van der Waals surface area contributed by atoms with E-state index in [0.717, 1.165) is 38.1 Å². The molecule has 31 heavy (non-hydrogen) atoms. The molecule has 7 heteroatoms. The van der Waals surface area contributed by atoms with Gasteiger partial charge < -0.3 is 15.1 Å². The number of pyridine rings is 1. The zero-order valence-corrected chi connectivity index (χ0v) is 19.0. The number of amides is 1. The van der Waals surface area contributed by atoms with Gasteiger partial charge in [0.1, 0.15) is 10.8 Å². The van der Waals surface area contributed by atoms with Crippen LogP contribution in [0.5, 0.6) is 0 Å². The Balaban J connectivity index is 1.78. The lowest BCUT2D eigenvalue weighted by Gasteiger charge is -2.22. The van der Waals surface area contributed by atoms with Gasteiger partial charge in [-0.3, -0.25) is 4.79 Å². The number of anilines is 2. The Morgan fingerprint density at radius 2 is 1.84 bits per heavy atom. The maximum absolute atomic E-state index is 12.7. The second-order valence-electron chi connectivity index (χ2n) is 7.25. The molecule has 0 aliphatic rings. The molecule has 4 aromatic rings. The third-order valence-electron chi connectivity index (χ3n) is 5.08. The Hall–Kier alpha value is -3.09. The van der Waals surface area contributed by atoms with E-state index in [1.807, 2.05) is 49.4 Å². The van der Waals surface area contributed by atoms with Crippen LogP contribution in [-0.2, 0) is 0 Å². The quantitative estimate of drug-likeness (QED) is 0.339. The molecule has 3 aromatic heterocycles. The molecule has 0 saturated heterocycles. The summed E-state index contributed by atoms with van der Waals surface area (Å²) in [6.07, 6.45) is 1.49. The van der Waals surface area contributed by atoms with Crippen LogP contribution in [0.4, 0.5) is 10.8 Å². The van der Waals surface area contributed by atoms with Crippen molar-refractivity contribution < 1.29 is 9.21 Å². The number of carbonyl (C=O) groups excluding carboxylic acids is 1. The number of rotatable bonds is 6. The number of aromatic nitrogens is 1. The van der Waals surface area contributed by atoms with Crippen molar-refractivity contribution in [2.45, 2.75) is 26.8 Å². The molecular weight excluding hydrogens is 430 g/mol. The molecule has 3 heterocycles. The van der Waals surface area contributed by atoms with E-state index in [4.69, 9.17) is 16.0 Å². The van der Waals surface area contributed by atoms with Gasteiger partial charge in [0, 0.05) is 21.2 Å². The van der Waals surface area contributed by atoms with Crippen LogP contribution in [0.2, 0.25) is 5.02 Å². The first kappa shape index (κ1) is 21.2. The minimum Gasteiger partial charge on any atom is -0.459 e. The smallest absolute Gasteiger partial charge is 0.291 e. The molecule has 4 rings (SSSR count). The second-order valence-corrected chi connectivity index (χ2v) is 8.91. The third-order valence-corrected chi connectivity index (χ3v) is 6.47. The molecule has 0 aliphatic heterocycles. The lowest BCUT2D eigenvalue weighted by atomic mass is 9.96. The Morgan fingerprint density at radius 3 is 2.52 bits per heavy atom. The predicted molar refractivity (Wildman–Crippen MR) is 126 cm³/mol. The van der Waals surface area contributed by atoms with Crippen LogP contribution in [0, 0.1) is 20.8 Å². The summed E-state index contributed by atoms with van der Waals surface area (Å²) in [6, 6.07) is 16.7. The molecule has 1 aromatic carbocycles. The van der Waals surface area contributed by atoms with E-state index >= 15 is 0 Å². The standard InChI is InChI=1S/C24H22ClN3O2S/c1-14-6-4-8-20(26-14)27-22(17-9-11-18(25)12-10-17)21-15(2)16(3)31-24(21)28-23(29)19-7-5-13-30-19/h4-13,22H,1-3H3,(H,26,27)(H,28,29)/t22-/m0/s1. The fourth-order valence-electron chi connectivity index (χ4n) is 3.41. The number of thiophene rings is 1. The first-order chi connectivity index (χ1) is 14.9. The lowest BCUT2D eigenvalue weighted by Crippen LogP contribution is -2.17. The van der Waals surface area contributed by atoms with Crippen LogP contribution in [-0.4, -0.2) is 10.9 Å². The van der Waals surface area contributed by atoms with Crippen LogP contribution in [0.15, 0.2) is 65.3 Å². The van der Waals surface area contributed by atoms with E-state index in [1.165, 1.54) is 6.26 Å². The highest BCUT2D eigenvalue weighted by Crippen LogP contribution is 2.41. The predicted octanol–water partition coefficient (Wildman–Crippen LogP) is 6.77. The van der Waals surface area contributed by atoms with Crippen LogP contribution in [0.1, 0.15) is 43.9 Å². The number of furan rings is 1. The Bertz CT molecular complexity index is 1200. The maximum atomic E-state index is 12.7. The summed E-state index contributed by atoms with van der Waals surface area (Å²) in [4.78, 5) is 18.4. The van der Waals surface area contributed by atoms with E-state index in [-0.39, 0.29) is 17.7 Å². The molecule has 0 spiro atoms. The van der Waals surface area contributed by atoms with Crippen molar-refractivity contribution in [1.29, 1.82) is 0 Å². The summed E-state index contributed by atoms with van der Waals surface area (Å²) in [5, 5.41) is 8.03. The molecule has 5 nitrogen and oxygen atoms in total. The molecular formula is C24H22ClN3O2S. The molecule has 0 radical (unpaired) electrons. The summed E-state index contributed by atoms with van der Waals surface area (Å²) in [7, 11) is 0. The van der Waals surface area contributed by atoms with Gasteiger partial charge in [-0.15, -0.1) is 11.3 Å². The number of hydrogen-bond donors (Lipinski definition) is 2. The number of carbonyl (C=O) groups is 1. The highest BCUT2D eigenvalue weighted by atomic mass is 35.5. The first-order valence-electron chi connectivity index (χ1n) is 9.83. The highest BCUT2D eigenvalue weighted by molar-refractivity contribution is 7.16. The highest BCUT2D eigenvalue weighted by Gasteiger charge is 2.25. The average molecular weight is 452 g/mol. The van der Waals surface area contributed by atoms with Crippen molar-refractivity contribution in [3.63, 3.8) is 0 Å². The van der Waals surface area contributed by atoms with E-state index in [1.54, 1.807) is 23.5 Å². The zero-order chi connectivity index (χ0) is 22.0. The SMILES string of the molecule is Cc1cccc(N[C@@H](c2ccc(Cl)cc2)c2c(NC(=O)c3ccco3)sc(C)c2C)n1. The second kappa shape index (κ2) is 8.96. The van der Waals surface area contributed by atoms with Gasteiger partial charge in [0.05, 0.1) is 12.3 Å². The molecule has 2 N–H and O–H groups in total. The van der Waals surface area contributed by atoms with Gasteiger partial charge in [-0.1, -0.05) is 29.8 Å². The van der Waals surface area contributed by atoms with Gasteiger partial charge in [0.25, 0.3) is 5.91 Å². The van der Waals surface area contributed by atoms with E-state index in [9.17, 15) is 4.79 Å². The molecule has 0 unspecified atom stereocenters. The number of benzene rings is 1. The summed E-state index contributed by atoms with van der Waals surface area (Å²) in [5.74, 6) is 0.744.